The summed E-state index contributed by atoms with van der Waals surface area (Å²) in [6.07, 6.45) is 3.80. The van der Waals surface area contributed by atoms with Gasteiger partial charge >= 0.3 is 5.97 Å². The van der Waals surface area contributed by atoms with Gasteiger partial charge in [-0.3, -0.25) is 0 Å². The van der Waals surface area contributed by atoms with E-state index in [1.165, 1.54) is 7.11 Å². The van der Waals surface area contributed by atoms with Gasteiger partial charge in [-0.15, -0.1) is 0 Å². The Kier molecular flexibility index (Phi) is 4.16. The van der Waals surface area contributed by atoms with Gasteiger partial charge in [-0.25, -0.2) is 9.78 Å². The minimum Gasteiger partial charge on any atom is -0.464 e. The predicted molar refractivity (Wildman–Crippen MR) is 73.5 cm³/mol. The molecule has 19 heavy (non-hydrogen) atoms. The number of carbonyl (C=O) groups is 1. The Morgan fingerprint density at radius 2 is 2.26 bits per heavy atom. The van der Waals surface area contributed by atoms with Crippen LogP contribution in [0, 0.1) is 6.92 Å². The van der Waals surface area contributed by atoms with Crippen molar-refractivity contribution in [1.29, 1.82) is 0 Å². The van der Waals surface area contributed by atoms with E-state index < -0.39 is 0 Å². The van der Waals surface area contributed by atoms with Gasteiger partial charge in [0.05, 0.1) is 12.6 Å². The molecule has 0 aromatic carbocycles. The number of methoxy groups -OCH3 is 1. The van der Waals surface area contributed by atoms with Crippen LogP contribution in [0.4, 0.5) is 0 Å². The van der Waals surface area contributed by atoms with Crippen molar-refractivity contribution < 1.29 is 9.53 Å². The number of esters is 1. The number of hydrogen-bond donors (Lipinski definition) is 1. The van der Waals surface area contributed by atoms with E-state index >= 15 is 0 Å². The third-order valence-corrected chi connectivity index (χ3v) is 3.06. The first-order valence-corrected chi connectivity index (χ1v) is 6.38. The van der Waals surface area contributed by atoms with Crippen LogP contribution >= 0.6 is 0 Å². The van der Waals surface area contributed by atoms with Crippen LogP contribution in [-0.4, -0.2) is 36.1 Å². The van der Waals surface area contributed by atoms with Gasteiger partial charge in [-0.1, -0.05) is 6.07 Å². The number of aryl methyl sites for hydroxylation is 2. The minimum absolute atomic E-state index is 0.388. The number of ether oxygens (including phenoxy) is 1. The number of imidazole rings is 1. The number of fused-ring (bicyclic) bond motifs is 1. The van der Waals surface area contributed by atoms with Gasteiger partial charge in [0.2, 0.25) is 0 Å². The molecule has 2 aromatic rings. The van der Waals surface area contributed by atoms with Crippen molar-refractivity contribution in [2.75, 3.05) is 20.7 Å². The Hall–Kier alpha value is -1.88. The Labute approximate surface area is 112 Å². The summed E-state index contributed by atoms with van der Waals surface area (Å²) in [5.74, 6) is 0.510. The van der Waals surface area contributed by atoms with Crippen LogP contribution in [0.5, 0.6) is 0 Å². The fraction of sp³-hybridized carbons (Fsp3) is 0.429. The minimum atomic E-state index is -0.388. The Morgan fingerprint density at radius 3 is 2.95 bits per heavy atom. The fourth-order valence-corrected chi connectivity index (χ4v) is 2.10. The summed E-state index contributed by atoms with van der Waals surface area (Å²) in [5, 5.41) is 3.11. The normalized spacial score (nSPS) is 10.9. The lowest BCUT2D eigenvalue weighted by atomic mass is 10.2. The van der Waals surface area contributed by atoms with E-state index in [0.29, 0.717) is 5.69 Å². The van der Waals surface area contributed by atoms with Crippen LogP contribution < -0.4 is 5.32 Å². The van der Waals surface area contributed by atoms with Gasteiger partial charge in [0, 0.05) is 12.6 Å². The van der Waals surface area contributed by atoms with Crippen molar-refractivity contribution >= 4 is 11.5 Å². The van der Waals surface area contributed by atoms with E-state index in [2.05, 4.69) is 10.3 Å². The highest BCUT2D eigenvalue weighted by Crippen LogP contribution is 2.16. The molecule has 0 saturated heterocycles. The second-order valence-electron chi connectivity index (χ2n) is 4.54. The zero-order valence-electron chi connectivity index (χ0n) is 11.6. The smallest absolute Gasteiger partial charge is 0.358 e. The van der Waals surface area contributed by atoms with Crippen LogP contribution in [0.2, 0.25) is 0 Å². The first-order chi connectivity index (χ1) is 9.17. The fourth-order valence-electron chi connectivity index (χ4n) is 2.10. The highest BCUT2D eigenvalue weighted by molar-refractivity contribution is 5.95. The first kappa shape index (κ1) is 13.5. The topological polar surface area (TPSA) is 55.6 Å². The molecule has 2 aromatic heterocycles. The summed E-state index contributed by atoms with van der Waals surface area (Å²) in [5.41, 5.74) is 2.33. The number of nitrogens with one attached hydrogen (secondary N) is 1. The van der Waals surface area contributed by atoms with Crippen molar-refractivity contribution in [3.63, 3.8) is 0 Å². The summed E-state index contributed by atoms with van der Waals surface area (Å²) in [6, 6.07) is 3.89. The molecule has 0 aliphatic carbocycles. The number of aromatic nitrogens is 2. The predicted octanol–water partition coefficient (Wildman–Crippen LogP) is 1.58. The van der Waals surface area contributed by atoms with Crippen molar-refractivity contribution in [2.45, 2.75) is 19.8 Å². The van der Waals surface area contributed by atoms with E-state index in [4.69, 9.17) is 4.74 Å². The molecular formula is C14H19N3O2. The van der Waals surface area contributed by atoms with Gasteiger partial charge in [0.1, 0.15) is 5.82 Å². The van der Waals surface area contributed by atoms with Gasteiger partial charge in [-0.05, 0) is 38.6 Å². The molecule has 0 amide bonds. The average Bonchev–Trinajstić information content (AvgIpc) is 2.76. The molecule has 0 bridgehead atoms. The van der Waals surface area contributed by atoms with Gasteiger partial charge in [-0.2, -0.15) is 0 Å². The quantitative estimate of drug-likeness (QED) is 0.656. The largest absolute Gasteiger partial charge is 0.464 e. The highest BCUT2D eigenvalue weighted by Gasteiger charge is 2.17. The lowest BCUT2D eigenvalue weighted by Gasteiger charge is -2.02. The molecule has 0 aliphatic rings. The molecule has 0 saturated carbocycles. The zero-order valence-corrected chi connectivity index (χ0v) is 11.6. The Balaban J connectivity index is 2.44. The highest BCUT2D eigenvalue weighted by atomic mass is 16.5. The van der Waals surface area contributed by atoms with Crippen LogP contribution in [0.25, 0.3) is 5.52 Å². The summed E-state index contributed by atoms with van der Waals surface area (Å²) >= 11 is 0. The number of rotatable bonds is 5. The molecule has 0 fully saturated rings. The number of nitrogens with zero attached hydrogens (tertiary/aromatic N) is 2. The van der Waals surface area contributed by atoms with Gasteiger partial charge in [0.15, 0.2) is 5.69 Å². The van der Waals surface area contributed by atoms with E-state index in [1.54, 1.807) is 0 Å². The molecule has 0 spiro atoms. The molecule has 0 aliphatic heterocycles. The average molecular weight is 261 g/mol. The zero-order chi connectivity index (χ0) is 13.8. The molecule has 1 N–H and O–H groups in total. The summed E-state index contributed by atoms with van der Waals surface area (Å²) in [7, 11) is 3.30. The Bertz CT molecular complexity index is 590. The first-order valence-electron chi connectivity index (χ1n) is 6.38. The van der Waals surface area contributed by atoms with Crippen molar-refractivity contribution in [2.24, 2.45) is 0 Å². The molecule has 102 valence electrons. The Morgan fingerprint density at radius 1 is 1.47 bits per heavy atom. The molecule has 0 unspecified atom stereocenters. The second kappa shape index (κ2) is 5.84. The molecule has 5 heteroatoms. The maximum atomic E-state index is 11.7. The van der Waals surface area contributed by atoms with Crippen LogP contribution in [0.1, 0.15) is 28.3 Å². The standard InChI is InChI=1S/C14H19N3O2/c1-10-6-7-11-13(14(18)19-3)16-12(17(11)9-10)5-4-8-15-2/h6-7,9,15H,4-5,8H2,1-3H3. The van der Waals surface area contributed by atoms with Crippen molar-refractivity contribution in [3.05, 3.63) is 35.4 Å². The van der Waals surface area contributed by atoms with Gasteiger partial charge < -0.3 is 14.5 Å². The number of pyridine rings is 1. The van der Waals surface area contributed by atoms with Crippen molar-refractivity contribution in [1.82, 2.24) is 14.7 Å². The van der Waals surface area contributed by atoms with Crippen LogP contribution in [0.15, 0.2) is 18.3 Å². The summed E-state index contributed by atoms with van der Waals surface area (Å²) < 4.78 is 6.77. The monoisotopic (exact) mass is 261 g/mol. The maximum absolute atomic E-state index is 11.7. The summed E-state index contributed by atoms with van der Waals surface area (Å²) in [6.45, 7) is 2.95. The lowest BCUT2D eigenvalue weighted by Crippen LogP contribution is -2.09. The SMILES string of the molecule is CNCCCc1nc(C(=O)OC)c2ccc(C)cn12. The molecule has 0 atom stereocenters. The third-order valence-electron chi connectivity index (χ3n) is 3.06. The summed E-state index contributed by atoms with van der Waals surface area (Å²) in [4.78, 5) is 16.2. The van der Waals surface area contributed by atoms with E-state index in [1.807, 2.05) is 36.7 Å². The molecule has 2 rings (SSSR count). The van der Waals surface area contributed by atoms with Crippen LogP contribution in [0.3, 0.4) is 0 Å². The van der Waals surface area contributed by atoms with Gasteiger partial charge in [0.25, 0.3) is 0 Å². The van der Waals surface area contributed by atoms with E-state index in [9.17, 15) is 4.79 Å². The maximum Gasteiger partial charge on any atom is 0.358 e. The third kappa shape index (κ3) is 2.76. The van der Waals surface area contributed by atoms with E-state index in [-0.39, 0.29) is 5.97 Å². The second-order valence-corrected chi connectivity index (χ2v) is 4.54. The van der Waals surface area contributed by atoms with E-state index in [0.717, 1.165) is 36.3 Å². The number of hydrogen-bond acceptors (Lipinski definition) is 4. The molecule has 0 radical (unpaired) electrons. The number of carbonyl (C=O) groups excluding carboxylic acids is 1. The molecule has 2 heterocycles. The van der Waals surface area contributed by atoms with Crippen molar-refractivity contribution in [3.8, 4) is 0 Å². The molecular weight excluding hydrogens is 242 g/mol. The molecule has 5 nitrogen and oxygen atoms in total. The van der Waals surface area contributed by atoms with Crippen LogP contribution in [-0.2, 0) is 11.2 Å². The lowest BCUT2D eigenvalue weighted by molar-refractivity contribution is 0.0597.